The van der Waals surface area contributed by atoms with Crippen LogP contribution < -0.4 is 9.47 Å². The van der Waals surface area contributed by atoms with Crippen molar-refractivity contribution in [3.05, 3.63) is 27.6 Å². The molecule has 0 spiro atoms. The standard InChI is InChI=1S/C20H24ClNO6S/c1-5-12(4)28-17(23)11-22-19(24)16(29-20(22)25)10-13-8-14(21)18(27-7-3)15(9-13)26-6-2/h8-10,12H,5-7,11H2,1-4H3/b16-10+/t12-/m0/s1. The van der Waals surface area contributed by atoms with Gasteiger partial charge in [0, 0.05) is 0 Å². The monoisotopic (exact) mass is 441 g/mol. The summed E-state index contributed by atoms with van der Waals surface area (Å²) in [4.78, 5) is 37.8. The zero-order valence-corrected chi connectivity index (χ0v) is 18.4. The van der Waals surface area contributed by atoms with E-state index in [1.54, 1.807) is 19.1 Å². The zero-order valence-electron chi connectivity index (χ0n) is 16.8. The molecule has 1 saturated heterocycles. The van der Waals surface area contributed by atoms with Crippen LogP contribution in [0.25, 0.3) is 6.08 Å². The number of carbonyl (C=O) groups is 3. The summed E-state index contributed by atoms with van der Waals surface area (Å²) in [6.07, 6.45) is 1.91. The molecule has 2 rings (SSSR count). The van der Waals surface area contributed by atoms with E-state index in [0.717, 1.165) is 16.7 Å². The highest BCUT2D eigenvalue weighted by Crippen LogP contribution is 2.39. The van der Waals surface area contributed by atoms with Gasteiger partial charge in [0.15, 0.2) is 11.5 Å². The Hall–Kier alpha value is -2.19. The Bertz CT molecular complexity index is 825. The number of hydrogen-bond donors (Lipinski definition) is 0. The molecule has 0 N–H and O–H groups in total. The minimum absolute atomic E-state index is 0.189. The summed E-state index contributed by atoms with van der Waals surface area (Å²) in [6.45, 7) is 7.71. The first-order chi connectivity index (χ1) is 13.8. The first-order valence-corrected chi connectivity index (χ1v) is 10.5. The van der Waals surface area contributed by atoms with E-state index in [9.17, 15) is 14.4 Å². The highest BCUT2D eigenvalue weighted by atomic mass is 35.5. The smallest absolute Gasteiger partial charge is 0.326 e. The molecule has 0 aromatic heterocycles. The van der Waals surface area contributed by atoms with Crippen LogP contribution in [0.5, 0.6) is 11.5 Å². The topological polar surface area (TPSA) is 82.1 Å². The number of thioether (sulfide) groups is 1. The van der Waals surface area contributed by atoms with Gasteiger partial charge in [-0.25, -0.2) is 0 Å². The van der Waals surface area contributed by atoms with Gasteiger partial charge in [-0.2, -0.15) is 0 Å². The summed E-state index contributed by atoms with van der Waals surface area (Å²) in [5, 5.41) is -0.190. The highest BCUT2D eigenvalue weighted by Gasteiger charge is 2.37. The van der Waals surface area contributed by atoms with Gasteiger partial charge in [-0.05, 0) is 62.7 Å². The molecule has 1 aromatic rings. The van der Waals surface area contributed by atoms with Gasteiger partial charge in [0.25, 0.3) is 11.1 Å². The van der Waals surface area contributed by atoms with Gasteiger partial charge in [0.05, 0.1) is 29.2 Å². The van der Waals surface area contributed by atoms with E-state index in [-0.39, 0.29) is 11.0 Å². The van der Waals surface area contributed by atoms with Gasteiger partial charge in [-0.15, -0.1) is 0 Å². The van der Waals surface area contributed by atoms with Gasteiger partial charge in [0.1, 0.15) is 6.54 Å². The number of nitrogens with zero attached hydrogens (tertiary/aromatic N) is 1. The van der Waals surface area contributed by atoms with Crippen molar-refractivity contribution in [2.24, 2.45) is 0 Å². The van der Waals surface area contributed by atoms with Crippen molar-refractivity contribution >= 4 is 46.6 Å². The fraction of sp³-hybridized carbons (Fsp3) is 0.450. The summed E-state index contributed by atoms with van der Waals surface area (Å²) in [5.41, 5.74) is 0.578. The second-order valence-electron chi connectivity index (χ2n) is 6.17. The summed E-state index contributed by atoms with van der Waals surface area (Å²) in [5.74, 6) is -0.298. The number of rotatable bonds is 9. The average Bonchev–Trinajstić information content (AvgIpc) is 2.92. The van der Waals surface area contributed by atoms with Gasteiger partial charge in [0.2, 0.25) is 0 Å². The van der Waals surface area contributed by atoms with Crippen molar-refractivity contribution in [3.63, 3.8) is 0 Å². The van der Waals surface area contributed by atoms with Crippen LogP contribution in [0, 0.1) is 0 Å². The SMILES string of the molecule is CCOc1cc(/C=C2/SC(=O)N(CC(=O)O[C@@H](C)CC)C2=O)cc(Cl)c1OCC. The number of halogens is 1. The molecule has 158 valence electrons. The van der Waals surface area contributed by atoms with E-state index in [0.29, 0.717) is 41.7 Å². The minimum Gasteiger partial charge on any atom is -0.490 e. The Morgan fingerprint density at radius 3 is 2.52 bits per heavy atom. The molecule has 29 heavy (non-hydrogen) atoms. The van der Waals surface area contributed by atoms with E-state index >= 15 is 0 Å². The van der Waals surface area contributed by atoms with Crippen molar-refractivity contribution in [2.45, 2.75) is 40.2 Å². The molecular weight excluding hydrogens is 418 g/mol. The number of esters is 1. The molecule has 1 aliphatic rings. The predicted octanol–water partition coefficient (Wildman–Crippen LogP) is 4.52. The van der Waals surface area contributed by atoms with Gasteiger partial charge < -0.3 is 14.2 Å². The Balaban J connectivity index is 2.23. The molecular formula is C20H24ClNO6S. The van der Waals surface area contributed by atoms with Crippen molar-refractivity contribution in [1.82, 2.24) is 4.90 Å². The normalized spacial score (nSPS) is 16.3. The second-order valence-corrected chi connectivity index (χ2v) is 7.57. The number of imide groups is 1. The number of benzene rings is 1. The maximum absolute atomic E-state index is 12.6. The molecule has 2 amide bonds. The lowest BCUT2D eigenvalue weighted by Crippen LogP contribution is -2.35. The molecule has 1 heterocycles. The molecule has 0 unspecified atom stereocenters. The number of ether oxygens (including phenoxy) is 3. The largest absolute Gasteiger partial charge is 0.490 e. The maximum Gasteiger partial charge on any atom is 0.326 e. The Kier molecular flexibility index (Phi) is 8.40. The van der Waals surface area contributed by atoms with Crippen LogP contribution in [0.4, 0.5) is 4.79 Å². The van der Waals surface area contributed by atoms with Crippen LogP contribution in [0.3, 0.4) is 0 Å². The van der Waals surface area contributed by atoms with Crippen LogP contribution in [0.2, 0.25) is 5.02 Å². The van der Waals surface area contributed by atoms with Crippen LogP contribution in [-0.2, 0) is 14.3 Å². The Morgan fingerprint density at radius 2 is 1.90 bits per heavy atom. The van der Waals surface area contributed by atoms with Crippen LogP contribution in [0.1, 0.15) is 39.7 Å². The molecule has 1 aromatic carbocycles. The lowest BCUT2D eigenvalue weighted by Gasteiger charge is -2.15. The summed E-state index contributed by atoms with van der Waals surface area (Å²) < 4.78 is 16.2. The molecule has 0 saturated carbocycles. The van der Waals surface area contributed by atoms with E-state index in [1.807, 2.05) is 20.8 Å². The highest BCUT2D eigenvalue weighted by molar-refractivity contribution is 8.18. The molecule has 1 atom stereocenters. The number of amides is 2. The van der Waals surface area contributed by atoms with E-state index < -0.39 is 23.7 Å². The second kappa shape index (κ2) is 10.5. The average molecular weight is 442 g/mol. The third kappa shape index (κ3) is 5.90. The summed E-state index contributed by atoms with van der Waals surface area (Å²) >= 11 is 7.05. The van der Waals surface area contributed by atoms with Crippen LogP contribution >= 0.6 is 23.4 Å². The predicted molar refractivity (Wildman–Crippen MR) is 112 cm³/mol. The van der Waals surface area contributed by atoms with Gasteiger partial charge in [-0.3, -0.25) is 19.3 Å². The van der Waals surface area contributed by atoms with Crippen LogP contribution in [-0.4, -0.2) is 47.9 Å². The maximum atomic E-state index is 12.6. The molecule has 1 aliphatic heterocycles. The molecule has 0 radical (unpaired) electrons. The molecule has 9 heteroatoms. The zero-order chi connectivity index (χ0) is 21.6. The van der Waals surface area contributed by atoms with Gasteiger partial charge in [-0.1, -0.05) is 18.5 Å². The first-order valence-electron chi connectivity index (χ1n) is 9.34. The summed E-state index contributed by atoms with van der Waals surface area (Å²) in [7, 11) is 0. The summed E-state index contributed by atoms with van der Waals surface area (Å²) in [6, 6.07) is 3.31. The Morgan fingerprint density at radius 1 is 1.21 bits per heavy atom. The number of carbonyl (C=O) groups excluding carboxylic acids is 3. The lowest BCUT2D eigenvalue weighted by molar-refractivity contribution is -0.150. The lowest BCUT2D eigenvalue weighted by atomic mass is 10.1. The van der Waals surface area contributed by atoms with Crippen molar-refractivity contribution in [3.8, 4) is 11.5 Å². The van der Waals surface area contributed by atoms with E-state index in [1.165, 1.54) is 6.08 Å². The molecule has 1 fully saturated rings. The quantitative estimate of drug-likeness (QED) is 0.411. The van der Waals surface area contributed by atoms with Crippen LogP contribution in [0.15, 0.2) is 17.0 Å². The van der Waals surface area contributed by atoms with Crippen molar-refractivity contribution in [2.75, 3.05) is 19.8 Å². The van der Waals surface area contributed by atoms with E-state index in [4.69, 9.17) is 25.8 Å². The third-order valence-corrected chi connectivity index (χ3v) is 5.17. The van der Waals surface area contributed by atoms with E-state index in [2.05, 4.69) is 0 Å². The van der Waals surface area contributed by atoms with Crippen molar-refractivity contribution < 1.29 is 28.6 Å². The fourth-order valence-electron chi connectivity index (χ4n) is 2.48. The molecule has 7 nitrogen and oxygen atoms in total. The van der Waals surface area contributed by atoms with Crippen molar-refractivity contribution in [1.29, 1.82) is 0 Å². The fourth-order valence-corrected chi connectivity index (χ4v) is 3.59. The third-order valence-electron chi connectivity index (χ3n) is 3.99. The minimum atomic E-state index is -0.620. The molecule has 0 bridgehead atoms. The molecule has 0 aliphatic carbocycles. The Labute approximate surface area is 179 Å². The number of hydrogen-bond acceptors (Lipinski definition) is 7. The van der Waals surface area contributed by atoms with Gasteiger partial charge >= 0.3 is 5.97 Å². The first kappa shape index (κ1) is 23.1.